The van der Waals surface area contributed by atoms with E-state index in [-0.39, 0.29) is 0 Å². The number of aromatic nitrogens is 2. The van der Waals surface area contributed by atoms with Gasteiger partial charge in [-0.1, -0.05) is 18.2 Å². The van der Waals surface area contributed by atoms with Gasteiger partial charge in [-0.25, -0.2) is 4.98 Å². The number of para-hydroxylation sites is 1. The summed E-state index contributed by atoms with van der Waals surface area (Å²) in [5.41, 5.74) is 7.98. The van der Waals surface area contributed by atoms with Crippen LogP contribution in [0.15, 0.2) is 36.5 Å². The highest BCUT2D eigenvalue weighted by Crippen LogP contribution is 2.27. The van der Waals surface area contributed by atoms with E-state index in [1.54, 1.807) is 6.20 Å². The molecule has 3 aromatic rings. The summed E-state index contributed by atoms with van der Waals surface area (Å²) in [6.07, 6.45) is 1.72. The van der Waals surface area contributed by atoms with Crippen LogP contribution in [0, 0.1) is 0 Å². The van der Waals surface area contributed by atoms with Crippen LogP contribution in [0.5, 0.6) is 0 Å². The Hall–Kier alpha value is -2.03. The molecule has 0 unspecified atom stereocenters. The van der Waals surface area contributed by atoms with Gasteiger partial charge in [0.15, 0.2) is 0 Å². The standard InChI is InChI=1S/C11H9N3/c12-11-10-7-3-1-2-4-8(7)14-9(10)5-6-13-11/h1-6,14H,(H2,12,13). The number of pyridine rings is 1. The number of nitrogens with one attached hydrogen (secondary N) is 1. The molecule has 3 N–H and O–H groups in total. The zero-order valence-electron chi connectivity index (χ0n) is 7.49. The summed E-state index contributed by atoms with van der Waals surface area (Å²) in [6.45, 7) is 0. The summed E-state index contributed by atoms with van der Waals surface area (Å²) in [5, 5.41) is 2.15. The summed E-state index contributed by atoms with van der Waals surface area (Å²) in [5.74, 6) is 0.583. The van der Waals surface area contributed by atoms with E-state index in [0.29, 0.717) is 5.82 Å². The molecule has 0 bridgehead atoms. The smallest absolute Gasteiger partial charge is 0.133 e. The molecule has 0 fully saturated rings. The Morgan fingerprint density at radius 1 is 1.07 bits per heavy atom. The Bertz CT molecular complexity index is 610. The fourth-order valence-electron chi connectivity index (χ4n) is 1.82. The van der Waals surface area contributed by atoms with Gasteiger partial charge in [0.1, 0.15) is 5.82 Å². The Kier molecular flexibility index (Phi) is 1.31. The van der Waals surface area contributed by atoms with E-state index in [4.69, 9.17) is 5.73 Å². The van der Waals surface area contributed by atoms with E-state index in [0.717, 1.165) is 21.8 Å². The topological polar surface area (TPSA) is 54.7 Å². The summed E-state index contributed by atoms with van der Waals surface area (Å²) in [6, 6.07) is 10.0. The van der Waals surface area contributed by atoms with Crippen LogP contribution >= 0.6 is 0 Å². The molecule has 2 heterocycles. The molecule has 3 nitrogen and oxygen atoms in total. The molecule has 0 aliphatic rings. The van der Waals surface area contributed by atoms with Gasteiger partial charge in [0.05, 0.1) is 5.52 Å². The third-order valence-corrected chi connectivity index (χ3v) is 2.45. The van der Waals surface area contributed by atoms with Crippen molar-refractivity contribution in [2.75, 3.05) is 5.73 Å². The Morgan fingerprint density at radius 2 is 1.93 bits per heavy atom. The molecule has 3 rings (SSSR count). The first kappa shape index (κ1) is 7.38. The average Bonchev–Trinajstić information content (AvgIpc) is 2.57. The minimum absolute atomic E-state index is 0.583. The number of anilines is 1. The van der Waals surface area contributed by atoms with Gasteiger partial charge in [-0.2, -0.15) is 0 Å². The van der Waals surface area contributed by atoms with Crippen LogP contribution in [0.25, 0.3) is 21.8 Å². The molecule has 0 spiro atoms. The van der Waals surface area contributed by atoms with Crippen LogP contribution in [-0.2, 0) is 0 Å². The minimum Gasteiger partial charge on any atom is -0.383 e. The van der Waals surface area contributed by atoms with Crippen molar-refractivity contribution in [3.05, 3.63) is 36.5 Å². The summed E-state index contributed by atoms with van der Waals surface area (Å²) in [7, 11) is 0. The lowest BCUT2D eigenvalue weighted by Gasteiger charge is -1.94. The highest BCUT2D eigenvalue weighted by atomic mass is 14.8. The zero-order chi connectivity index (χ0) is 9.54. The van der Waals surface area contributed by atoms with E-state index in [2.05, 4.69) is 9.97 Å². The minimum atomic E-state index is 0.583. The molecule has 14 heavy (non-hydrogen) atoms. The lowest BCUT2D eigenvalue weighted by atomic mass is 10.2. The maximum atomic E-state index is 5.84. The molecule has 3 heteroatoms. The Labute approximate surface area is 80.6 Å². The average molecular weight is 183 g/mol. The maximum Gasteiger partial charge on any atom is 0.133 e. The number of nitrogens with zero attached hydrogens (tertiary/aromatic N) is 1. The second-order valence-corrected chi connectivity index (χ2v) is 3.29. The van der Waals surface area contributed by atoms with Gasteiger partial charge in [0, 0.05) is 22.5 Å². The van der Waals surface area contributed by atoms with Gasteiger partial charge in [-0.05, 0) is 12.1 Å². The van der Waals surface area contributed by atoms with Crippen LogP contribution in [0.3, 0.4) is 0 Å². The number of hydrogen-bond acceptors (Lipinski definition) is 2. The first-order chi connectivity index (χ1) is 6.86. The molecule has 0 saturated carbocycles. The predicted molar refractivity (Wildman–Crippen MR) is 58.0 cm³/mol. The maximum absolute atomic E-state index is 5.84. The molecule has 2 aromatic heterocycles. The second-order valence-electron chi connectivity index (χ2n) is 3.29. The number of rotatable bonds is 0. The molecular weight excluding hydrogens is 174 g/mol. The number of benzene rings is 1. The molecule has 0 radical (unpaired) electrons. The van der Waals surface area contributed by atoms with E-state index in [1.165, 1.54) is 0 Å². The SMILES string of the molecule is Nc1nccc2[nH]c3ccccc3c12. The van der Waals surface area contributed by atoms with Crippen LogP contribution < -0.4 is 5.73 Å². The zero-order valence-corrected chi connectivity index (χ0v) is 7.49. The number of nitrogens with two attached hydrogens (primary N) is 1. The van der Waals surface area contributed by atoms with Crippen LogP contribution in [0.4, 0.5) is 5.82 Å². The van der Waals surface area contributed by atoms with Crippen LogP contribution in [0.1, 0.15) is 0 Å². The number of aromatic amines is 1. The molecule has 0 saturated heterocycles. The molecule has 0 aliphatic carbocycles. The second kappa shape index (κ2) is 2.48. The third kappa shape index (κ3) is 0.836. The fraction of sp³-hybridized carbons (Fsp3) is 0. The molecule has 1 aromatic carbocycles. The number of hydrogen-bond donors (Lipinski definition) is 2. The van der Waals surface area contributed by atoms with Gasteiger partial charge < -0.3 is 10.7 Å². The van der Waals surface area contributed by atoms with Crippen molar-refractivity contribution in [2.45, 2.75) is 0 Å². The van der Waals surface area contributed by atoms with Gasteiger partial charge >= 0.3 is 0 Å². The van der Waals surface area contributed by atoms with Crippen molar-refractivity contribution in [2.24, 2.45) is 0 Å². The van der Waals surface area contributed by atoms with Crippen molar-refractivity contribution >= 4 is 27.6 Å². The number of nitrogen functional groups attached to an aromatic ring is 1. The Balaban J connectivity index is 2.65. The Morgan fingerprint density at radius 3 is 2.86 bits per heavy atom. The molecule has 0 amide bonds. The number of fused-ring (bicyclic) bond motifs is 3. The third-order valence-electron chi connectivity index (χ3n) is 2.45. The highest BCUT2D eigenvalue weighted by Gasteiger charge is 2.05. The quantitative estimate of drug-likeness (QED) is 0.561. The first-order valence-electron chi connectivity index (χ1n) is 4.47. The van der Waals surface area contributed by atoms with Crippen LogP contribution in [-0.4, -0.2) is 9.97 Å². The largest absolute Gasteiger partial charge is 0.383 e. The fourth-order valence-corrected chi connectivity index (χ4v) is 1.82. The molecule has 0 atom stereocenters. The van der Waals surface area contributed by atoms with Crippen molar-refractivity contribution in [3.8, 4) is 0 Å². The summed E-state index contributed by atoms with van der Waals surface area (Å²) in [4.78, 5) is 7.39. The summed E-state index contributed by atoms with van der Waals surface area (Å²) < 4.78 is 0. The van der Waals surface area contributed by atoms with Crippen molar-refractivity contribution in [1.82, 2.24) is 9.97 Å². The van der Waals surface area contributed by atoms with Gasteiger partial charge in [-0.3, -0.25) is 0 Å². The normalized spacial score (nSPS) is 11.1. The van der Waals surface area contributed by atoms with Crippen LogP contribution in [0.2, 0.25) is 0 Å². The lowest BCUT2D eigenvalue weighted by molar-refractivity contribution is 1.36. The van der Waals surface area contributed by atoms with E-state index in [9.17, 15) is 0 Å². The molecular formula is C11H9N3. The van der Waals surface area contributed by atoms with E-state index >= 15 is 0 Å². The molecule has 0 aliphatic heterocycles. The number of H-pyrrole nitrogens is 1. The van der Waals surface area contributed by atoms with Gasteiger partial charge in [0.2, 0.25) is 0 Å². The van der Waals surface area contributed by atoms with Gasteiger partial charge in [0.25, 0.3) is 0 Å². The molecule has 68 valence electrons. The lowest BCUT2D eigenvalue weighted by Crippen LogP contribution is -1.88. The summed E-state index contributed by atoms with van der Waals surface area (Å²) >= 11 is 0. The van der Waals surface area contributed by atoms with Crippen molar-refractivity contribution < 1.29 is 0 Å². The van der Waals surface area contributed by atoms with E-state index < -0.39 is 0 Å². The predicted octanol–water partition coefficient (Wildman–Crippen LogP) is 2.30. The van der Waals surface area contributed by atoms with Crippen molar-refractivity contribution in [3.63, 3.8) is 0 Å². The monoisotopic (exact) mass is 183 g/mol. The van der Waals surface area contributed by atoms with Gasteiger partial charge in [-0.15, -0.1) is 0 Å². The van der Waals surface area contributed by atoms with E-state index in [1.807, 2.05) is 30.3 Å². The first-order valence-corrected chi connectivity index (χ1v) is 4.47. The highest BCUT2D eigenvalue weighted by molar-refractivity contribution is 6.11. The van der Waals surface area contributed by atoms with Crippen molar-refractivity contribution in [1.29, 1.82) is 0 Å².